The Labute approximate surface area is 98.8 Å². The normalized spacial score (nSPS) is 28.4. The highest BCUT2D eigenvalue weighted by molar-refractivity contribution is 5.39. The summed E-state index contributed by atoms with van der Waals surface area (Å²) in [5.41, 5.74) is 2.65. The van der Waals surface area contributed by atoms with E-state index in [1.807, 2.05) is 6.08 Å². The average molecular weight is 212 g/mol. The van der Waals surface area contributed by atoms with Crippen molar-refractivity contribution in [3.05, 3.63) is 60.8 Å². The molecular weight excluding hydrogens is 192 g/mol. The Kier molecular flexibility index (Phi) is 3.28. The minimum Gasteiger partial charge on any atom is -0.0991 e. The molecule has 0 heterocycles. The molecule has 2 aliphatic rings. The molecule has 2 rings (SSSR count). The highest BCUT2D eigenvalue weighted by Crippen LogP contribution is 2.46. The zero-order valence-electron chi connectivity index (χ0n) is 10.0. The number of hydrogen-bond acceptors (Lipinski definition) is 0. The highest BCUT2D eigenvalue weighted by Gasteiger charge is 2.35. The van der Waals surface area contributed by atoms with E-state index in [4.69, 9.17) is 0 Å². The van der Waals surface area contributed by atoms with Crippen LogP contribution >= 0.6 is 0 Å². The van der Waals surface area contributed by atoms with Crippen LogP contribution in [0.5, 0.6) is 0 Å². The van der Waals surface area contributed by atoms with Gasteiger partial charge in [-0.3, -0.25) is 0 Å². The van der Waals surface area contributed by atoms with E-state index in [1.54, 1.807) is 6.08 Å². The lowest BCUT2D eigenvalue weighted by Gasteiger charge is -2.19. The van der Waals surface area contributed by atoms with Gasteiger partial charge in [0.15, 0.2) is 0 Å². The Bertz CT molecular complexity index is 379. The van der Waals surface area contributed by atoms with Crippen molar-refractivity contribution in [1.82, 2.24) is 0 Å². The summed E-state index contributed by atoms with van der Waals surface area (Å²) >= 11 is 0. The van der Waals surface area contributed by atoms with Crippen LogP contribution in [0.3, 0.4) is 0 Å². The minimum atomic E-state index is 0.481. The molecule has 0 saturated heterocycles. The van der Waals surface area contributed by atoms with Gasteiger partial charge in [0.1, 0.15) is 0 Å². The maximum absolute atomic E-state index is 4.17. The lowest BCUT2D eigenvalue weighted by Crippen LogP contribution is -2.05. The van der Waals surface area contributed by atoms with Gasteiger partial charge in [-0.2, -0.15) is 0 Å². The van der Waals surface area contributed by atoms with Gasteiger partial charge < -0.3 is 0 Å². The quantitative estimate of drug-likeness (QED) is 0.591. The third-order valence-electron chi connectivity index (χ3n) is 3.54. The Hall–Kier alpha value is -1.30. The Morgan fingerprint density at radius 3 is 3.00 bits per heavy atom. The van der Waals surface area contributed by atoms with Gasteiger partial charge in [0.2, 0.25) is 0 Å². The van der Waals surface area contributed by atoms with Crippen LogP contribution in [0.2, 0.25) is 0 Å². The summed E-state index contributed by atoms with van der Waals surface area (Å²) in [6, 6.07) is 0. The first-order valence-corrected chi connectivity index (χ1v) is 6.14. The molecule has 0 aromatic rings. The van der Waals surface area contributed by atoms with E-state index in [9.17, 15) is 0 Å². The van der Waals surface area contributed by atoms with Crippen LogP contribution in [0, 0.1) is 17.8 Å². The summed E-state index contributed by atoms with van der Waals surface area (Å²) < 4.78 is 0. The maximum Gasteiger partial charge on any atom is 0.00777 e. The smallest absolute Gasteiger partial charge is 0.00777 e. The molecular formula is C16H20. The molecule has 0 radical (unpaired) electrons. The fourth-order valence-electron chi connectivity index (χ4n) is 2.44. The summed E-state index contributed by atoms with van der Waals surface area (Å²) in [6.45, 7) is 10.1. The van der Waals surface area contributed by atoms with Crippen LogP contribution < -0.4 is 0 Å². The monoisotopic (exact) mass is 212 g/mol. The van der Waals surface area contributed by atoms with E-state index in [0.29, 0.717) is 5.92 Å². The van der Waals surface area contributed by atoms with Gasteiger partial charge in [-0.15, -0.1) is 0 Å². The molecule has 0 aliphatic heterocycles. The van der Waals surface area contributed by atoms with Gasteiger partial charge in [-0.1, -0.05) is 56.5 Å². The lowest BCUT2D eigenvalue weighted by atomic mass is 9.86. The third-order valence-corrected chi connectivity index (χ3v) is 3.54. The molecule has 1 saturated carbocycles. The largest absolute Gasteiger partial charge is 0.0991 e. The molecule has 0 bridgehead atoms. The van der Waals surface area contributed by atoms with Gasteiger partial charge in [0, 0.05) is 5.92 Å². The zero-order valence-corrected chi connectivity index (χ0v) is 10.0. The van der Waals surface area contributed by atoms with Gasteiger partial charge in [0.25, 0.3) is 0 Å². The molecule has 84 valence electrons. The molecule has 1 fully saturated rings. The maximum atomic E-state index is 4.17. The first-order chi connectivity index (χ1) is 7.76. The molecule has 0 nitrogen and oxygen atoms in total. The SMILES string of the molecule is C=C/C=C\C(=C)C(CC)C1=CC2CC2C=C1. The van der Waals surface area contributed by atoms with Crippen molar-refractivity contribution in [2.24, 2.45) is 17.8 Å². The van der Waals surface area contributed by atoms with Crippen LogP contribution in [-0.4, -0.2) is 0 Å². The van der Waals surface area contributed by atoms with Crippen molar-refractivity contribution in [1.29, 1.82) is 0 Å². The van der Waals surface area contributed by atoms with E-state index in [-0.39, 0.29) is 0 Å². The molecule has 2 aliphatic carbocycles. The molecule has 0 spiro atoms. The minimum absolute atomic E-state index is 0.481. The van der Waals surface area contributed by atoms with Gasteiger partial charge in [0.05, 0.1) is 0 Å². The summed E-state index contributed by atoms with van der Waals surface area (Å²) in [5, 5.41) is 0. The Morgan fingerprint density at radius 2 is 2.38 bits per heavy atom. The second kappa shape index (κ2) is 4.69. The van der Waals surface area contributed by atoms with Crippen molar-refractivity contribution >= 4 is 0 Å². The molecule has 0 N–H and O–H groups in total. The molecule has 0 amide bonds. The van der Waals surface area contributed by atoms with Crippen LogP contribution in [0.25, 0.3) is 0 Å². The lowest BCUT2D eigenvalue weighted by molar-refractivity contribution is 0.704. The molecule has 0 aromatic carbocycles. The number of rotatable bonds is 5. The van der Waals surface area contributed by atoms with Crippen LogP contribution in [0.1, 0.15) is 19.8 Å². The Morgan fingerprint density at radius 1 is 1.56 bits per heavy atom. The van der Waals surface area contributed by atoms with Crippen molar-refractivity contribution in [3.8, 4) is 0 Å². The number of allylic oxidation sites excluding steroid dienone is 8. The second-order valence-corrected chi connectivity index (χ2v) is 4.72. The van der Waals surface area contributed by atoms with Crippen molar-refractivity contribution in [2.75, 3.05) is 0 Å². The fraction of sp³-hybridized carbons (Fsp3) is 0.375. The summed E-state index contributed by atoms with van der Waals surface area (Å²) in [6.07, 6.45) is 15.4. The topological polar surface area (TPSA) is 0 Å². The second-order valence-electron chi connectivity index (χ2n) is 4.72. The molecule has 0 aromatic heterocycles. The molecule has 16 heavy (non-hydrogen) atoms. The molecule has 0 heteroatoms. The number of hydrogen-bond donors (Lipinski definition) is 0. The van der Waals surface area contributed by atoms with Gasteiger partial charge in [-0.25, -0.2) is 0 Å². The van der Waals surface area contributed by atoms with Crippen LogP contribution in [-0.2, 0) is 0 Å². The van der Waals surface area contributed by atoms with Crippen LogP contribution in [0.15, 0.2) is 60.8 Å². The van der Waals surface area contributed by atoms with E-state index >= 15 is 0 Å². The highest BCUT2D eigenvalue weighted by atomic mass is 14.4. The number of fused-ring (bicyclic) bond motifs is 1. The predicted octanol–water partition coefficient (Wildman–Crippen LogP) is 4.44. The molecule has 3 unspecified atom stereocenters. The predicted molar refractivity (Wildman–Crippen MR) is 71.1 cm³/mol. The van der Waals surface area contributed by atoms with Crippen LogP contribution in [0.4, 0.5) is 0 Å². The van der Waals surface area contributed by atoms with Gasteiger partial charge >= 0.3 is 0 Å². The Balaban J connectivity index is 2.10. The van der Waals surface area contributed by atoms with Crippen molar-refractivity contribution in [3.63, 3.8) is 0 Å². The van der Waals surface area contributed by atoms with E-state index in [1.165, 1.54) is 17.6 Å². The van der Waals surface area contributed by atoms with Crippen molar-refractivity contribution in [2.45, 2.75) is 19.8 Å². The summed E-state index contributed by atoms with van der Waals surface area (Å²) in [7, 11) is 0. The van der Waals surface area contributed by atoms with Crippen molar-refractivity contribution < 1.29 is 0 Å². The van der Waals surface area contributed by atoms with Gasteiger partial charge in [-0.05, 0) is 35.8 Å². The third kappa shape index (κ3) is 2.27. The first kappa shape index (κ1) is 11.2. The first-order valence-electron chi connectivity index (χ1n) is 6.14. The summed E-state index contributed by atoms with van der Waals surface area (Å²) in [5.74, 6) is 2.15. The van der Waals surface area contributed by atoms with E-state index < -0.39 is 0 Å². The standard InChI is InChI=1S/C16H20/c1-4-6-7-12(3)16(5-2)14-9-8-13-10-15(13)11-14/h4,6-9,11,13,15-16H,1,3,5,10H2,2H3/b7-6-. The molecule has 3 atom stereocenters. The summed E-state index contributed by atoms with van der Waals surface area (Å²) in [4.78, 5) is 0. The average Bonchev–Trinajstić information content (AvgIpc) is 3.05. The van der Waals surface area contributed by atoms with E-state index in [2.05, 4.69) is 44.4 Å². The zero-order chi connectivity index (χ0) is 11.5. The van der Waals surface area contributed by atoms with E-state index in [0.717, 1.165) is 18.3 Å². The fourth-order valence-corrected chi connectivity index (χ4v) is 2.44.